The minimum Gasteiger partial charge on any atom is -0.399 e. The van der Waals surface area contributed by atoms with Gasteiger partial charge in [0.25, 0.3) is 0 Å². The number of thiophene rings is 1. The minimum absolute atomic E-state index is 0.212. The van der Waals surface area contributed by atoms with Gasteiger partial charge in [-0.2, -0.15) is 0 Å². The van der Waals surface area contributed by atoms with Gasteiger partial charge in [0.2, 0.25) is 0 Å². The lowest BCUT2D eigenvalue weighted by Gasteiger charge is -2.32. The van der Waals surface area contributed by atoms with E-state index in [9.17, 15) is 0 Å². The molecule has 88 valence electrons. The second-order valence-corrected chi connectivity index (χ2v) is 7.17. The van der Waals surface area contributed by atoms with Crippen LogP contribution >= 0.6 is 23.1 Å². The molecule has 2 heterocycles. The summed E-state index contributed by atoms with van der Waals surface area (Å²) in [5, 5.41) is 0. The minimum atomic E-state index is -0.249. The summed E-state index contributed by atoms with van der Waals surface area (Å²) >= 11 is 3.50. The molecular weight excluding hydrogens is 239 g/mol. The van der Waals surface area contributed by atoms with Crippen LogP contribution in [0.15, 0.2) is 16.3 Å². The number of hydrogen-bond acceptors (Lipinski definition) is 4. The molecule has 0 amide bonds. The molecule has 0 radical (unpaired) electrons. The van der Waals surface area contributed by atoms with E-state index >= 15 is 0 Å². The summed E-state index contributed by atoms with van der Waals surface area (Å²) in [5.74, 6) is 0. The lowest BCUT2D eigenvalue weighted by Crippen LogP contribution is -2.41. The summed E-state index contributed by atoms with van der Waals surface area (Å²) in [7, 11) is -0.212. The van der Waals surface area contributed by atoms with Crippen LogP contribution in [0.4, 0.5) is 0 Å². The van der Waals surface area contributed by atoms with E-state index in [0.29, 0.717) is 0 Å². The van der Waals surface area contributed by atoms with Crippen molar-refractivity contribution < 1.29 is 9.31 Å². The molecule has 0 aromatic carbocycles. The third-order valence-corrected chi connectivity index (χ3v) is 5.48. The Hall–Kier alpha value is 0.0349. The van der Waals surface area contributed by atoms with E-state index in [0.717, 1.165) is 4.78 Å². The van der Waals surface area contributed by atoms with Crippen LogP contribution in [0.3, 0.4) is 0 Å². The zero-order valence-corrected chi connectivity index (χ0v) is 12.0. The molecule has 5 heteroatoms. The molecule has 2 nitrogen and oxygen atoms in total. The lowest BCUT2D eigenvalue weighted by atomic mass is 9.88. The second-order valence-electron chi connectivity index (χ2n) is 4.95. The average molecular weight is 256 g/mol. The van der Waals surface area contributed by atoms with Crippen molar-refractivity contribution in [2.75, 3.05) is 6.26 Å². The van der Waals surface area contributed by atoms with Gasteiger partial charge in [0.15, 0.2) is 0 Å². The van der Waals surface area contributed by atoms with Gasteiger partial charge in [-0.1, -0.05) is 6.07 Å². The summed E-state index contributed by atoms with van der Waals surface area (Å²) in [5.41, 5.74) is -0.498. The maximum absolute atomic E-state index is 5.99. The van der Waals surface area contributed by atoms with E-state index in [1.54, 1.807) is 23.1 Å². The lowest BCUT2D eigenvalue weighted by molar-refractivity contribution is 0.00578. The topological polar surface area (TPSA) is 18.5 Å². The highest BCUT2D eigenvalue weighted by atomic mass is 32.2. The van der Waals surface area contributed by atoms with Gasteiger partial charge in [0.1, 0.15) is 0 Å². The standard InChI is InChI=1S/C11H17BO2S2/c1-10(2)11(3,4)14-12(13-10)8-6-7-9(15-5)16-8/h6-7H,1-5H3. The van der Waals surface area contributed by atoms with Crippen LogP contribution in [0.25, 0.3) is 0 Å². The predicted octanol–water partition coefficient (Wildman–Crippen LogP) is 2.77. The molecule has 1 saturated heterocycles. The van der Waals surface area contributed by atoms with Gasteiger partial charge < -0.3 is 9.31 Å². The summed E-state index contributed by atoms with van der Waals surface area (Å²) in [6.45, 7) is 8.32. The Morgan fingerprint density at radius 3 is 2.12 bits per heavy atom. The van der Waals surface area contributed by atoms with Gasteiger partial charge in [0, 0.05) is 4.78 Å². The largest absolute Gasteiger partial charge is 0.505 e. The van der Waals surface area contributed by atoms with Gasteiger partial charge in [-0.15, -0.1) is 23.1 Å². The molecule has 1 fully saturated rings. The van der Waals surface area contributed by atoms with Gasteiger partial charge in [-0.25, -0.2) is 0 Å². The smallest absolute Gasteiger partial charge is 0.399 e. The van der Waals surface area contributed by atoms with Gasteiger partial charge in [-0.3, -0.25) is 0 Å². The average Bonchev–Trinajstić information content (AvgIpc) is 2.70. The van der Waals surface area contributed by atoms with Crippen molar-refractivity contribution in [3.63, 3.8) is 0 Å². The Kier molecular flexibility index (Phi) is 3.16. The van der Waals surface area contributed by atoms with Crippen molar-refractivity contribution >= 4 is 35.0 Å². The molecule has 1 aromatic rings. The maximum atomic E-state index is 5.99. The molecule has 0 N–H and O–H groups in total. The molecule has 2 rings (SSSR count). The highest BCUT2D eigenvalue weighted by Gasteiger charge is 2.52. The van der Waals surface area contributed by atoms with Crippen molar-refractivity contribution in [1.29, 1.82) is 0 Å². The summed E-state index contributed by atoms with van der Waals surface area (Å²) in [4.78, 5) is 0. The van der Waals surface area contributed by atoms with Gasteiger partial charge in [-0.05, 0) is 40.0 Å². The second kappa shape index (κ2) is 4.05. The first-order valence-corrected chi connectivity index (χ1v) is 7.39. The normalized spacial score (nSPS) is 22.7. The van der Waals surface area contributed by atoms with E-state index in [-0.39, 0.29) is 18.3 Å². The zero-order valence-electron chi connectivity index (χ0n) is 10.4. The van der Waals surface area contributed by atoms with Crippen LogP contribution in [-0.4, -0.2) is 24.6 Å². The van der Waals surface area contributed by atoms with Crippen LogP contribution in [0.2, 0.25) is 0 Å². The fourth-order valence-corrected chi connectivity index (χ4v) is 3.05. The first kappa shape index (κ1) is 12.5. The van der Waals surface area contributed by atoms with Gasteiger partial charge >= 0.3 is 7.12 Å². The fraction of sp³-hybridized carbons (Fsp3) is 0.636. The monoisotopic (exact) mass is 256 g/mol. The van der Waals surface area contributed by atoms with Crippen LogP contribution in [0.1, 0.15) is 27.7 Å². The van der Waals surface area contributed by atoms with Crippen molar-refractivity contribution in [1.82, 2.24) is 0 Å². The highest BCUT2D eigenvalue weighted by molar-refractivity contribution is 8.00. The van der Waals surface area contributed by atoms with Crippen molar-refractivity contribution in [2.24, 2.45) is 0 Å². The molecule has 16 heavy (non-hydrogen) atoms. The Balaban J connectivity index is 2.20. The van der Waals surface area contributed by atoms with Crippen molar-refractivity contribution in [2.45, 2.75) is 43.1 Å². The first-order chi connectivity index (χ1) is 7.36. The van der Waals surface area contributed by atoms with E-state index in [1.165, 1.54) is 4.21 Å². The SMILES string of the molecule is CSc1ccc(B2OC(C)(C)C(C)(C)O2)s1. The number of rotatable bonds is 2. The summed E-state index contributed by atoms with van der Waals surface area (Å²) in [6.07, 6.45) is 2.08. The van der Waals surface area contributed by atoms with Crippen LogP contribution in [0.5, 0.6) is 0 Å². The van der Waals surface area contributed by atoms with Crippen LogP contribution < -0.4 is 4.78 Å². The molecule has 0 bridgehead atoms. The molecule has 0 unspecified atom stereocenters. The molecule has 0 atom stereocenters. The Morgan fingerprint density at radius 1 is 1.12 bits per heavy atom. The maximum Gasteiger partial charge on any atom is 0.505 e. The molecule has 1 aliphatic heterocycles. The van der Waals surface area contributed by atoms with E-state index < -0.39 is 0 Å². The van der Waals surface area contributed by atoms with E-state index in [4.69, 9.17) is 9.31 Å². The summed E-state index contributed by atoms with van der Waals surface area (Å²) in [6, 6.07) is 4.22. The molecular formula is C11H17BO2S2. The Bertz CT molecular complexity index is 371. The van der Waals surface area contributed by atoms with Crippen LogP contribution in [0, 0.1) is 0 Å². The number of hydrogen-bond donors (Lipinski definition) is 0. The molecule has 0 aliphatic carbocycles. The predicted molar refractivity (Wildman–Crippen MR) is 71.8 cm³/mol. The third kappa shape index (κ3) is 2.06. The summed E-state index contributed by atoms with van der Waals surface area (Å²) < 4.78 is 14.4. The Morgan fingerprint density at radius 2 is 1.69 bits per heavy atom. The number of thioether (sulfide) groups is 1. The molecule has 0 saturated carbocycles. The zero-order chi connectivity index (χ0) is 12.0. The van der Waals surface area contributed by atoms with Crippen molar-refractivity contribution in [3.05, 3.63) is 12.1 Å². The first-order valence-electron chi connectivity index (χ1n) is 5.35. The quantitative estimate of drug-likeness (QED) is 0.598. The molecule has 1 aromatic heterocycles. The third-order valence-electron chi connectivity index (χ3n) is 3.29. The molecule has 1 aliphatic rings. The van der Waals surface area contributed by atoms with E-state index in [2.05, 4.69) is 46.1 Å². The highest BCUT2D eigenvalue weighted by Crippen LogP contribution is 2.37. The Labute approximate surface area is 106 Å². The van der Waals surface area contributed by atoms with Crippen LogP contribution in [-0.2, 0) is 9.31 Å². The fourth-order valence-electron chi connectivity index (χ4n) is 1.53. The van der Waals surface area contributed by atoms with Crippen molar-refractivity contribution in [3.8, 4) is 0 Å². The van der Waals surface area contributed by atoms with Gasteiger partial charge in [0.05, 0.1) is 15.4 Å². The van der Waals surface area contributed by atoms with E-state index in [1.807, 2.05) is 0 Å². The molecule has 0 spiro atoms.